The molecule has 5 rings (SSSR count). The van der Waals surface area contributed by atoms with E-state index in [1.165, 1.54) is 0 Å². The molecule has 1 aliphatic rings. The van der Waals surface area contributed by atoms with E-state index in [0.29, 0.717) is 23.5 Å². The quantitative estimate of drug-likeness (QED) is 0.426. The first-order valence-electron chi connectivity index (χ1n) is 8.56. The number of halogens is 1. The zero-order chi connectivity index (χ0) is 19.1. The molecule has 140 valence electrons. The van der Waals surface area contributed by atoms with Crippen molar-refractivity contribution in [2.45, 2.75) is 6.54 Å². The van der Waals surface area contributed by atoms with E-state index in [9.17, 15) is 0 Å². The second kappa shape index (κ2) is 6.82. The zero-order valence-electron chi connectivity index (χ0n) is 14.6. The molecule has 2 aromatic carbocycles. The lowest BCUT2D eigenvalue weighted by molar-refractivity contribution is 0.174. The van der Waals surface area contributed by atoms with Crippen molar-refractivity contribution in [3.63, 3.8) is 0 Å². The van der Waals surface area contributed by atoms with Crippen molar-refractivity contribution in [2.24, 2.45) is 0 Å². The summed E-state index contributed by atoms with van der Waals surface area (Å²) in [5.74, 6) is 2.28. The van der Waals surface area contributed by atoms with Crippen LogP contribution in [0.2, 0.25) is 0 Å². The number of anilines is 3. The number of benzene rings is 2. The molecule has 0 atom stereocenters. The van der Waals surface area contributed by atoms with Gasteiger partial charge in [0, 0.05) is 9.26 Å². The zero-order valence-corrected chi connectivity index (χ0v) is 16.8. The van der Waals surface area contributed by atoms with Gasteiger partial charge in [-0.1, -0.05) is 18.2 Å². The van der Waals surface area contributed by atoms with Gasteiger partial charge in [0.2, 0.25) is 12.7 Å². The Morgan fingerprint density at radius 2 is 1.89 bits per heavy atom. The molecule has 0 unspecified atom stereocenters. The summed E-state index contributed by atoms with van der Waals surface area (Å²) >= 11 is 2.29. The summed E-state index contributed by atoms with van der Waals surface area (Å²) in [5.41, 5.74) is 9.28. The lowest BCUT2D eigenvalue weighted by Gasteiger charge is -2.10. The van der Waals surface area contributed by atoms with E-state index in [1.807, 2.05) is 47.0 Å². The fraction of sp³-hybridized carbons (Fsp3) is 0.105. The summed E-state index contributed by atoms with van der Waals surface area (Å²) in [6, 6.07) is 13.7. The van der Waals surface area contributed by atoms with Crippen molar-refractivity contribution in [1.29, 1.82) is 0 Å². The Morgan fingerprint density at radius 1 is 1.11 bits per heavy atom. The Bertz CT molecular complexity index is 1180. The molecule has 8 nitrogen and oxygen atoms in total. The highest BCUT2D eigenvalue weighted by Crippen LogP contribution is 2.36. The SMILES string of the molecule is Nc1nc(Nc2ccccc2)c2ncn(Cc3cc4c(cc3I)OCO4)c2n1. The maximum absolute atomic E-state index is 5.96. The lowest BCUT2D eigenvalue weighted by Crippen LogP contribution is -2.05. The van der Waals surface area contributed by atoms with Crippen molar-refractivity contribution in [1.82, 2.24) is 19.5 Å². The number of hydrogen-bond donors (Lipinski definition) is 2. The highest BCUT2D eigenvalue weighted by atomic mass is 127. The third kappa shape index (κ3) is 3.07. The highest BCUT2D eigenvalue weighted by Gasteiger charge is 2.18. The Morgan fingerprint density at radius 3 is 2.71 bits per heavy atom. The second-order valence-corrected chi connectivity index (χ2v) is 7.43. The van der Waals surface area contributed by atoms with Crippen LogP contribution in [0.1, 0.15) is 5.56 Å². The first kappa shape index (κ1) is 17.0. The van der Waals surface area contributed by atoms with Crippen molar-refractivity contribution in [2.75, 3.05) is 17.8 Å². The maximum Gasteiger partial charge on any atom is 0.231 e. The number of nitrogens with two attached hydrogens (primary N) is 1. The minimum absolute atomic E-state index is 0.188. The van der Waals surface area contributed by atoms with E-state index in [-0.39, 0.29) is 12.7 Å². The van der Waals surface area contributed by atoms with Gasteiger partial charge in [0.1, 0.15) is 0 Å². The molecule has 0 aliphatic carbocycles. The Hall–Kier alpha value is -3.08. The van der Waals surface area contributed by atoms with Crippen LogP contribution in [-0.2, 0) is 6.54 Å². The predicted molar refractivity (Wildman–Crippen MR) is 114 cm³/mol. The van der Waals surface area contributed by atoms with Crippen LogP contribution in [-0.4, -0.2) is 26.3 Å². The number of ether oxygens (including phenoxy) is 2. The van der Waals surface area contributed by atoms with Gasteiger partial charge in [-0.05, 0) is 52.4 Å². The highest BCUT2D eigenvalue weighted by molar-refractivity contribution is 14.1. The molecule has 3 N–H and O–H groups in total. The number of nitrogens with zero attached hydrogens (tertiary/aromatic N) is 4. The molecule has 0 amide bonds. The smallest absolute Gasteiger partial charge is 0.231 e. The normalized spacial score (nSPS) is 12.5. The summed E-state index contributed by atoms with van der Waals surface area (Å²) in [7, 11) is 0. The molecular formula is C19H15IN6O2. The van der Waals surface area contributed by atoms with E-state index in [4.69, 9.17) is 15.2 Å². The molecular weight excluding hydrogens is 471 g/mol. The van der Waals surface area contributed by atoms with Crippen LogP contribution >= 0.6 is 22.6 Å². The summed E-state index contributed by atoms with van der Waals surface area (Å²) < 4.78 is 14.0. The minimum Gasteiger partial charge on any atom is -0.454 e. The molecule has 0 fully saturated rings. The molecule has 4 aromatic rings. The van der Waals surface area contributed by atoms with Gasteiger partial charge >= 0.3 is 0 Å². The molecule has 2 aromatic heterocycles. The topological polar surface area (TPSA) is 100 Å². The number of fused-ring (bicyclic) bond motifs is 2. The van der Waals surface area contributed by atoms with Crippen LogP contribution in [0.5, 0.6) is 11.5 Å². The third-order valence-corrected chi connectivity index (χ3v) is 5.40. The summed E-state index contributed by atoms with van der Waals surface area (Å²) in [6.45, 7) is 0.827. The van der Waals surface area contributed by atoms with Crippen LogP contribution in [0.4, 0.5) is 17.5 Å². The molecule has 9 heteroatoms. The number of hydrogen-bond acceptors (Lipinski definition) is 7. The van der Waals surface area contributed by atoms with Gasteiger partial charge in [-0.25, -0.2) is 4.98 Å². The average molecular weight is 486 g/mol. The van der Waals surface area contributed by atoms with Gasteiger partial charge in [0.05, 0.1) is 12.9 Å². The van der Waals surface area contributed by atoms with Gasteiger partial charge in [-0.3, -0.25) is 0 Å². The van der Waals surface area contributed by atoms with E-state index in [2.05, 4.69) is 42.9 Å². The predicted octanol–water partition coefficient (Wildman–Crippen LogP) is 3.53. The Kier molecular flexibility index (Phi) is 4.15. The molecule has 3 heterocycles. The van der Waals surface area contributed by atoms with Crippen molar-refractivity contribution < 1.29 is 9.47 Å². The second-order valence-electron chi connectivity index (χ2n) is 6.26. The number of aromatic nitrogens is 4. The molecule has 0 saturated heterocycles. The monoisotopic (exact) mass is 486 g/mol. The number of nitrogen functional groups attached to an aromatic ring is 1. The van der Waals surface area contributed by atoms with Gasteiger partial charge in [-0.15, -0.1) is 0 Å². The number of nitrogens with one attached hydrogen (secondary N) is 1. The number of para-hydroxylation sites is 1. The summed E-state index contributed by atoms with van der Waals surface area (Å²) in [6.07, 6.45) is 1.75. The summed E-state index contributed by atoms with van der Waals surface area (Å²) in [5, 5.41) is 3.27. The van der Waals surface area contributed by atoms with Crippen molar-refractivity contribution in [3.05, 3.63) is 57.9 Å². The van der Waals surface area contributed by atoms with Gasteiger partial charge < -0.3 is 25.1 Å². The Labute approximate surface area is 173 Å². The first-order valence-corrected chi connectivity index (χ1v) is 9.64. The molecule has 0 radical (unpaired) electrons. The standard InChI is InChI=1S/C19H15IN6O2/c20-13-7-15-14(27-10-28-15)6-11(13)8-26-9-22-16-17(24-19(21)25-18(16)26)23-12-4-2-1-3-5-12/h1-7,9H,8,10H2,(H3,21,23,24,25). The molecule has 1 aliphatic heterocycles. The molecule has 0 spiro atoms. The van der Waals surface area contributed by atoms with Gasteiger partial charge in [0.25, 0.3) is 0 Å². The molecule has 0 saturated carbocycles. The summed E-state index contributed by atoms with van der Waals surface area (Å²) in [4.78, 5) is 13.2. The number of rotatable bonds is 4. The average Bonchev–Trinajstić information content (AvgIpc) is 3.30. The van der Waals surface area contributed by atoms with Crippen LogP contribution in [0.15, 0.2) is 48.8 Å². The first-order chi connectivity index (χ1) is 13.7. The third-order valence-electron chi connectivity index (χ3n) is 4.40. The van der Waals surface area contributed by atoms with E-state index in [0.717, 1.165) is 26.3 Å². The van der Waals surface area contributed by atoms with Crippen LogP contribution in [0.3, 0.4) is 0 Å². The maximum atomic E-state index is 5.96. The van der Waals surface area contributed by atoms with Crippen molar-refractivity contribution in [3.8, 4) is 11.5 Å². The largest absolute Gasteiger partial charge is 0.454 e. The van der Waals surface area contributed by atoms with Gasteiger partial charge in [0.15, 0.2) is 28.5 Å². The number of imidazole rings is 1. The fourth-order valence-electron chi connectivity index (χ4n) is 3.09. The van der Waals surface area contributed by atoms with Crippen molar-refractivity contribution >= 4 is 51.2 Å². The van der Waals surface area contributed by atoms with E-state index >= 15 is 0 Å². The minimum atomic E-state index is 0.188. The Balaban J connectivity index is 1.53. The van der Waals surface area contributed by atoms with Crippen LogP contribution in [0, 0.1) is 3.57 Å². The van der Waals surface area contributed by atoms with E-state index in [1.54, 1.807) is 6.33 Å². The molecule has 28 heavy (non-hydrogen) atoms. The van der Waals surface area contributed by atoms with Crippen LogP contribution < -0.4 is 20.5 Å². The lowest BCUT2D eigenvalue weighted by atomic mass is 10.2. The van der Waals surface area contributed by atoms with E-state index < -0.39 is 0 Å². The fourth-order valence-corrected chi connectivity index (χ4v) is 3.70. The van der Waals surface area contributed by atoms with Gasteiger partial charge in [-0.2, -0.15) is 9.97 Å². The van der Waals surface area contributed by atoms with Crippen LogP contribution in [0.25, 0.3) is 11.2 Å². The molecule has 0 bridgehead atoms.